The zero-order valence-electron chi connectivity index (χ0n) is 11.6. The fourth-order valence-electron chi connectivity index (χ4n) is 3.15. The molecule has 3 nitrogen and oxygen atoms in total. The summed E-state index contributed by atoms with van der Waals surface area (Å²) in [6, 6.07) is 6.52. The molecule has 21 heavy (non-hydrogen) atoms. The van der Waals surface area contributed by atoms with E-state index in [1.54, 1.807) is 18.2 Å². The molecule has 2 aliphatic heterocycles. The van der Waals surface area contributed by atoms with E-state index in [1.165, 1.54) is 17.0 Å². The molecular formula is C15H18F3NO2. The van der Waals surface area contributed by atoms with E-state index in [2.05, 4.69) is 0 Å². The molecule has 1 spiro atoms. The lowest BCUT2D eigenvalue weighted by molar-refractivity contribution is -0.221. The molecule has 0 amide bonds. The number of hydrogen-bond donors (Lipinski definition) is 0. The molecule has 2 saturated heterocycles. The molecule has 1 atom stereocenters. The van der Waals surface area contributed by atoms with E-state index < -0.39 is 18.0 Å². The summed E-state index contributed by atoms with van der Waals surface area (Å²) >= 11 is 0. The third-order valence-corrected chi connectivity index (χ3v) is 4.16. The number of alkyl halides is 3. The van der Waals surface area contributed by atoms with Crippen LogP contribution in [0.5, 0.6) is 0 Å². The molecule has 0 radical (unpaired) electrons. The van der Waals surface area contributed by atoms with Crippen LogP contribution in [0, 0.1) is 0 Å². The Morgan fingerprint density at radius 2 is 1.57 bits per heavy atom. The van der Waals surface area contributed by atoms with E-state index in [-0.39, 0.29) is 5.56 Å². The molecule has 116 valence electrons. The Hall–Kier alpha value is -1.11. The predicted molar refractivity (Wildman–Crippen MR) is 70.7 cm³/mol. The summed E-state index contributed by atoms with van der Waals surface area (Å²) in [6.07, 6.45) is -3.33. The zero-order chi connectivity index (χ0) is 14.9. The highest BCUT2D eigenvalue weighted by Gasteiger charge is 2.48. The first kappa shape index (κ1) is 14.8. The van der Waals surface area contributed by atoms with Crippen LogP contribution in [0.1, 0.15) is 24.4 Å². The van der Waals surface area contributed by atoms with Gasteiger partial charge >= 0.3 is 6.18 Å². The van der Waals surface area contributed by atoms with Crippen molar-refractivity contribution in [3.8, 4) is 0 Å². The molecule has 0 unspecified atom stereocenters. The fraction of sp³-hybridized carbons (Fsp3) is 0.600. The molecule has 0 saturated carbocycles. The average Bonchev–Trinajstić information content (AvgIpc) is 2.90. The molecule has 2 fully saturated rings. The first-order chi connectivity index (χ1) is 10.0. The van der Waals surface area contributed by atoms with Crippen LogP contribution in [0.4, 0.5) is 13.2 Å². The number of piperidine rings is 1. The van der Waals surface area contributed by atoms with Gasteiger partial charge in [-0.05, 0) is 5.56 Å². The summed E-state index contributed by atoms with van der Waals surface area (Å²) in [5.74, 6) is -0.649. The second kappa shape index (κ2) is 5.59. The van der Waals surface area contributed by atoms with Crippen LogP contribution in [0.25, 0.3) is 0 Å². The van der Waals surface area contributed by atoms with Gasteiger partial charge in [0, 0.05) is 25.9 Å². The highest BCUT2D eigenvalue weighted by atomic mass is 19.4. The minimum atomic E-state index is -4.29. The number of halogens is 3. The van der Waals surface area contributed by atoms with Crippen molar-refractivity contribution < 1.29 is 22.6 Å². The maximum atomic E-state index is 13.5. The van der Waals surface area contributed by atoms with Crippen LogP contribution in [0.3, 0.4) is 0 Å². The van der Waals surface area contributed by atoms with Gasteiger partial charge in [0.2, 0.25) is 0 Å². The van der Waals surface area contributed by atoms with Gasteiger partial charge in [0.15, 0.2) is 5.79 Å². The molecule has 1 aromatic carbocycles. The summed E-state index contributed by atoms with van der Waals surface area (Å²) < 4.78 is 51.5. The van der Waals surface area contributed by atoms with Crippen molar-refractivity contribution in [2.24, 2.45) is 0 Å². The molecule has 0 aliphatic carbocycles. The number of benzene rings is 1. The van der Waals surface area contributed by atoms with Crippen LogP contribution in [-0.4, -0.2) is 43.2 Å². The lowest BCUT2D eigenvalue weighted by atomic mass is 9.98. The topological polar surface area (TPSA) is 21.7 Å². The van der Waals surface area contributed by atoms with Crippen LogP contribution in [0.2, 0.25) is 0 Å². The lowest BCUT2D eigenvalue weighted by Gasteiger charge is -2.41. The third-order valence-electron chi connectivity index (χ3n) is 4.16. The normalized spacial score (nSPS) is 24.3. The Balaban J connectivity index is 1.76. The second-order valence-electron chi connectivity index (χ2n) is 5.50. The molecule has 2 aliphatic rings. The summed E-state index contributed by atoms with van der Waals surface area (Å²) in [5, 5.41) is 0. The monoisotopic (exact) mass is 301 g/mol. The first-order valence-corrected chi connectivity index (χ1v) is 7.14. The summed E-state index contributed by atoms with van der Waals surface area (Å²) in [5.41, 5.74) is 0.286. The number of hydrogen-bond acceptors (Lipinski definition) is 3. The van der Waals surface area contributed by atoms with E-state index in [4.69, 9.17) is 9.47 Å². The SMILES string of the molecule is FC(F)(F)[C@@H](c1ccccc1)N1CCC2(CC1)OCCO2. The Morgan fingerprint density at radius 1 is 1.00 bits per heavy atom. The van der Waals surface area contributed by atoms with Gasteiger partial charge < -0.3 is 9.47 Å². The molecule has 0 bridgehead atoms. The van der Waals surface area contributed by atoms with Crippen molar-refractivity contribution >= 4 is 0 Å². The van der Waals surface area contributed by atoms with E-state index in [0.29, 0.717) is 39.1 Å². The van der Waals surface area contributed by atoms with Gasteiger partial charge in [-0.15, -0.1) is 0 Å². The van der Waals surface area contributed by atoms with Crippen LogP contribution < -0.4 is 0 Å². The summed E-state index contributed by atoms with van der Waals surface area (Å²) in [6.45, 7) is 1.70. The molecular weight excluding hydrogens is 283 g/mol. The Morgan fingerprint density at radius 3 is 2.10 bits per heavy atom. The Bertz CT molecular complexity index is 462. The van der Waals surface area contributed by atoms with Crippen molar-refractivity contribution in [3.05, 3.63) is 35.9 Å². The van der Waals surface area contributed by atoms with Crippen LogP contribution >= 0.6 is 0 Å². The largest absolute Gasteiger partial charge is 0.408 e. The van der Waals surface area contributed by atoms with E-state index >= 15 is 0 Å². The van der Waals surface area contributed by atoms with E-state index in [1.807, 2.05) is 0 Å². The number of nitrogens with zero attached hydrogens (tertiary/aromatic N) is 1. The van der Waals surface area contributed by atoms with Crippen molar-refractivity contribution in [1.82, 2.24) is 4.90 Å². The van der Waals surface area contributed by atoms with Gasteiger partial charge in [-0.25, -0.2) is 0 Å². The van der Waals surface area contributed by atoms with Gasteiger partial charge in [-0.1, -0.05) is 30.3 Å². The smallest absolute Gasteiger partial charge is 0.347 e. The summed E-state index contributed by atoms with van der Waals surface area (Å²) in [7, 11) is 0. The van der Waals surface area contributed by atoms with E-state index in [0.717, 1.165) is 0 Å². The second-order valence-corrected chi connectivity index (χ2v) is 5.50. The van der Waals surface area contributed by atoms with Gasteiger partial charge in [0.1, 0.15) is 6.04 Å². The van der Waals surface area contributed by atoms with Gasteiger partial charge in [-0.2, -0.15) is 13.2 Å². The maximum absolute atomic E-state index is 13.5. The number of rotatable bonds is 2. The maximum Gasteiger partial charge on any atom is 0.408 e. The number of likely N-dealkylation sites (tertiary alicyclic amines) is 1. The quantitative estimate of drug-likeness (QED) is 0.837. The first-order valence-electron chi connectivity index (χ1n) is 7.14. The lowest BCUT2D eigenvalue weighted by Crippen LogP contribution is -2.49. The van der Waals surface area contributed by atoms with Crippen molar-refractivity contribution in [3.63, 3.8) is 0 Å². The van der Waals surface area contributed by atoms with Crippen molar-refractivity contribution in [2.45, 2.75) is 30.8 Å². The Kier molecular flexibility index (Phi) is 3.94. The van der Waals surface area contributed by atoms with E-state index in [9.17, 15) is 13.2 Å². The molecule has 0 aromatic heterocycles. The molecule has 2 heterocycles. The van der Waals surface area contributed by atoms with Crippen LogP contribution in [0.15, 0.2) is 30.3 Å². The van der Waals surface area contributed by atoms with Gasteiger partial charge in [-0.3, -0.25) is 4.90 Å². The third kappa shape index (κ3) is 3.07. The zero-order valence-corrected chi connectivity index (χ0v) is 11.6. The minimum Gasteiger partial charge on any atom is -0.347 e. The molecule has 0 N–H and O–H groups in total. The average molecular weight is 301 g/mol. The van der Waals surface area contributed by atoms with Crippen molar-refractivity contribution in [1.29, 1.82) is 0 Å². The number of ether oxygens (including phenoxy) is 2. The summed E-state index contributed by atoms with van der Waals surface area (Å²) in [4.78, 5) is 1.48. The van der Waals surface area contributed by atoms with Crippen LogP contribution in [-0.2, 0) is 9.47 Å². The molecule has 1 aromatic rings. The highest BCUT2D eigenvalue weighted by molar-refractivity contribution is 5.21. The highest BCUT2D eigenvalue weighted by Crippen LogP contribution is 2.41. The minimum absolute atomic E-state index is 0.286. The predicted octanol–water partition coefficient (Wildman–Crippen LogP) is 3.13. The van der Waals surface area contributed by atoms with Gasteiger partial charge in [0.25, 0.3) is 0 Å². The fourth-order valence-corrected chi connectivity index (χ4v) is 3.15. The molecule has 3 rings (SSSR count). The molecule has 6 heteroatoms. The standard InChI is InChI=1S/C15H18F3NO2/c16-15(17,18)13(12-4-2-1-3-5-12)19-8-6-14(7-9-19)20-10-11-21-14/h1-5,13H,6-11H2/t13-/m1/s1. The van der Waals surface area contributed by atoms with Gasteiger partial charge in [0.05, 0.1) is 13.2 Å². The van der Waals surface area contributed by atoms with Crippen molar-refractivity contribution in [2.75, 3.05) is 26.3 Å². The Labute approximate surface area is 121 Å².